The summed E-state index contributed by atoms with van der Waals surface area (Å²) in [6.07, 6.45) is 1.43. The summed E-state index contributed by atoms with van der Waals surface area (Å²) in [7, 11) is 0. The van der Waals surface area contributed by atoms with Gasteiger partial charge in [-0.2, -0.15) is 10.4 Å². The highest BCUT2D eigenvalue weighted by Crippen LogP contribution is 2.16. The van der Waals surface area contributed by atoms with Gasteiger partial charge in [-0.15, -0.1) is 0 Å². The Morgan fingerprint density at radius 3 is 2.73 bits per heavy atom. The van der Waals surface area contributed by atoms with Crippen LogP contribution in [0.2, 0.25) is 0 Å². The first-order chi connectivity index (χ1) is 7.24. The van der Waals surface area contributed by atoms with Gasteiger partial charge >= 0.3 is 0 Å². The second kappa shape index (κ2) is 3.54. The van der Waals surface area contributed by atoms with Gasteiger partial charge in [0, 0.05) is 0 Å². The Morgan fingerprint density at radius 2 is 2.13 bits per heavy atom. The standard InChI is InChI=1S/C11H8FN3/c1-8-9(6-13)7-14-15(8)11-5-3-2-4-10(11)12/h2-5,7H,1H3. The lowest BCUT2D eigenvalue weighted by molar-refractivity contribution is 0.608. The summed E-state index contributed by atoms with van der Waals surface area (Å²) in [5.74, 6) is -0.354. The van der Waals surface area contributed by atoms with Crippen LogP contribution in [0.25, 0.3) is 5.69 Å². The van der Waals surface area contributed by atoms with Gasteiger partial charge < -0.3 is 0 Å². The molecule has 0 amide bonds. The maximum absolute atomic E-state index is 13.4. The molecule has 3 nitrogen and oxygen atoms in total. The summed E-state index contributed by atoms with van der Waals surface area (Å²) in [4.78, 5) is 0. The molecule has 0 N–H and O–H groups in total. The number of aromatic nitrogens is 2. The molecule has 0 aliphatic carbocycles. The number of benzene rings is 1. The minimum Gasteiger partial charge on any atom is -0.234 e. The van der Waals surface area contributed by atoms with E-state index in [2.05, 4.69) is 5.10 Å². The molecular weight excluding hydrogens is 193 g/mol. The summed E-state index contributed by atoms with van der Waals surface area (Å²) in [6, 6.07) is 8.33. The number of rotatable bonds is 1. The van der Waals surface area contributed by atoms with Gasteiger partial charge in [0.25, 0.3) is 0 Å². The number of para-hydroxylation sites is 1. The number of hydrogen-bond donors (Lipinski definition) is 0. The molecule has 0 unspecified atom stereocenters. The Labute approximate surface area is 86.4 Å². The molecule has 74 valence electrons. The molecule has 1 aromatic heterocycles. The highest BCUT2D eigenvalue weighted by molar-refractivity contribution is 5.39. The van der Waals surface area contributed by atoms with Gasteiger partial charge in [0.1, 0.15) is 17.6 Å². The lowest BCUT2D eigenvalue weighted by Crippen LogP contribution is -2.01. The van der Waals surface area contributed by atoms with Crippen LogP contribution in [0.5, 0.6) is 0 Å². The van der Waals surface area contributed by atoms with Gasteiger partial charge in [0.15, 0.2) is 0 Å². The van der Waals surface area contributed by atoms with E-state index in [9.17, 15) is 4.39 Å². The molecule has 0 spiro atoms. The van der Waals surface area contributed by atoms with Crippen molar-refractivity contribution in [1.82, 2.24) is 9.78 Å². The number of nitrogens with zero attached hydrogens (tertiary/aromatic N) is 3. The van der Waals surface area contributed by atoms with Crippen molar-refractivity contribution < 1.29 is 4.39 Å². The van der Waals surface area contributed by atoms with Crippen LogP contribution in [0.15, 0.2) is 30.5 Å². The van der Waals surface area contributed by atoms with Crippen molar-refractivity contribution in [1.29, 1.82) is 5.26 Å². The fourth-order valence-electron chi connectivity index (χ4n) is 1.39. The average Bonchev–Trinajstić information content (AvgIpc) is 2.60. The molecule has 4 heteroatoms. The Morgan fingerprint density at radius 1 is 1.40 bits per heavy atom. The molecule has 15 heavy (non-hydrogen) atoms. The van der Waals surface area contributed by atoms with Crippen molar-refractivity contribution in [3.63, 3.8) is 0 Å². The summed E-state index contributed by atoms with van der Waals surface area (Å²) < 4.78 is 14.8. The predicted molar refractivity (Wildman–Crippen MR) is 53.0 cm³/mol. The van der Waals surface area contributed by atoms with Crippen molar-refractivity contribution >= 4 is 0 Å². The predicted octanol–water partition coefficient (Wildman–Crippen LogP) is 2.19. The van der Waals surface area contributed by atoms with E-state index >= 15 is 0 Å². The van der Waals surface area contributed by atoms with E-state index < -0.39 is 0 Å². The van der Waals surface area contributed by atoms with E-state index in [4.69, 9.17) is 5.26 Å². The third-order valence-electron chi connectivity index (χ3n) is 2.21. The van der Waals surface area contributed by atoms with Crippen LogP contribution in [0.4, 0.5) is 4.39 Å². The fourth-order valence-corrected chi connectivity index (χ4v) is 1.39. The van der Waals surface area contributed by atoms with Crippen molar-refractivity contribution in [2.24, 2.45) is 0 Å². The summed E-state index contributed by atoms with van der Waals surface area (Å²) in [5.41, 5.74) is 1.46. The van der Waals surface area contributed by atoms with Crippen molar-refractivity contribution in [3.05, 3.63) is 47.5 Å². The Balaban J connectivity index is 2.61. The first kappa shape index (κ1) is 9.41. The molecule has 1 aromatic carbocycles. The Bertz CT molecular complexity index is 537. The van der Waals surface area contributed by atoms with Gasteiger partial charge in [0.2, 0.25) is 0 Å². The molecule has 0 radical (unpaired) electrons. The average molecular weight is 201 g/mol. The maximum atomic E-state index is 13.4. The molecule has 0 saturated carbocycles. The second-order valence-electron chi connectivity index (χ2n) is 3.12. The van der Waals surface area contributed by atoms with E-state index in [1.165, 1.54) is 16.9 Å². The molecule has 0 saturated heterocycles. The van der Waals surface area contributed by atoms with E-state index in [1.54, 1.807) is 25.1 Å². The van der Waals surface area contributed by atoms with Crippen molar-refractivity contribution in [2.75, 3.05) is 0 Å². The molecule has 2 aromatic rings. The number of nitriles is 1. The van der Waals surface area contributed by atoms with Crippen LogP contribution < -0.4 is 0 Å². The van der Waals surface area contributed by atoms with Crippen LogP contribution in [0, 0.1) is 24.1 Å². The first-order valence-corrected chi connectivity index (χ1v) is 4.43. The van der Waals surface area contributed by atoms with Crippen LogP contribution in [-0.4, -0.2) is 9.78 Å². The zero-order valence-corrected chi connectivity index (χ0v) is 8.11. The van der Waals surface area contributed by atoms with Gasteiger partial charge in [-0.05, 0) is 19.1 Å². The van der Waals surface area contributed by atoms with E-state index in [0.717, 1.165) is 0 Å². The smallest absolute Gasteiger partial charge is 0.148 e. The van der Waals surface area contributed by atoms with Gasteiger partial charge in [-0.25, -0.2) is 9.07 Å². The highest BCUT2D eigenvalue weighted by Gasteiger charge is 2.10. The van der Waals surface area contributed by atoms with Crippen LogP contribution >= 0.6 is 0 Å². The van der Waals surface area contributed by atoms with Crippen LogP contribution in [-0.2, 0) is 0 Å². The van der Waals surface area contributed by atoms with E-state index in [1.807, 2.05) is 6.07 Å². The second-order valence-corrected chi connectivity index (χ2v) is 3.12. The molecule has 0 atom stereocenters. The first-order valence-electron chi connectivity index (χ1n) is 4.43. The van der Waals surface area contributed by atoms with Crippen LogP contribution in [0.3, 0.4) is 0 Å². The molecule has 0 aliphatic heterocycles. The lowest BCUT2D eigenvalue weighted by Gasteiger charge is -2.04. The van der Waals surface area contributed by atoms with Gasteiger partial charge in [-0.1, -0.05) is 12.1 Å². The zero-order chi connectivity index (χ0) is 10.8. The van der Waals surface area contributed by atoms with Gasteiger partial charge in [-0.3, -0.25) is 0 Å². The number of halogens is 1. The van der Waals surface area contributed by atoms with Crippen molar-refractivity contribution in [3.8, 4) is 11.8 Å². The Kier molecular flexibility index (Phi) is 2.22. The topological polar surface area (TPSA) is 41.6 Å². The summed E-state index contributed by atoms with van der Waals surface area (Å²) in [6.45, 7) is 1.73. The van der Waals surface area contributed by atoms with Crippen LogP contribution in [0.1, 0.15) is 11.3 Å². The molecular formula is C11H8FN3. The van der Waals surface area contributed by atoms with Gasteiger partial charge in [0.05, 0.1) is 17.5 Å². The zero-order valence-electron chi connectivity index (χ0n) is 8.11. The molecule has 1 heterocycles. The fraction of sp³-hybridized carbons (Fsp3) is 0.0909. The largest absolute Gasteiger partial charge is 0.234 e. The third-order valence-corrected chi connectivity index (χ3v) is 2.21. The molecule has 2 rings (SSSR count). The van der Waals surface area contributed by atoms with Crippen molar-refractivity contribution in [2.45, 2.75) is 6.92 Å². The normalized spacial score (nSPS) is 9.93. The SMILES string of the molecule is Cc1c(C#N)cnn1-c1ccccc1F. The molecule has 0 aliphatic rings. The number of hydrogen-bond acceptors (Lipinski definition) is 2. The Hall–Kier alpha value is -2.15. The van der Waals surface area contributed by atoms with E-state index in [0.29, 0.717) is 16.9 Å². The monoisotopic (exact) mass is 201 g/mol. The minimum absolute atomic E-state index is 0.354. The quantitative estimate of drug-likeness (QED) is 0.709. The lowest BCUT2D eigenvalue weighted by atomic mass is 10.2. The summed E-state index contributed by atoms with van der Waals surface area (Å²) in [5, 5.41) is 12.7. The summed E-state index contributed by atoms with van der Waals surface area (Å²) >= 11 is 0. The minimum atomic E-state index is -0.354. The molecule has 0 fully saturated rings. The molecule has 0 bridgehead atoms. The highest BCUT2D eigenvalue weighted by atomic mass is 19.1. The van der Waals surface area contributed by atoms with E-state index in [-0.39, 0.29) is 5.82 Å². The maximum Gasteiger partial charge on any atom is 0.148 e. The third kappa shape index (κ3) is 1.48.